The highest BCUT2D eigenvalue weighted by molar-refractivity contribution is 5.77. The largest absolute Gasteiger partial charge is 0.466 e. The van der Waals surface area contributed by atoms with E-state index in [4.69, 9.17) is 9.47 Å². The molecule has 0 radical (unpaired) electrons. The van der Waals surface area contributed by atoms with Crippen LogP contribution in [0.5, 0.6) is 0 Å². The Kier molecular flexibility index (Phi) is 27.2. The third-order valence-electron chi connectivity index (χ3n) is 4.06. The lowest BCUT2D eigenvalue weighted by molar-refractivity contribution is -0.150. The maximum absolute atomic E-state index is 11.5. The Labute approximate surface area is 160 Å². The Morgan fingerprint density at radius 3 is 1.19 bits per heavy atom. The number of esters is 2. The second kappa shape index (κ2) is 23.9. The van der Waals surface area contributed by atoms with Crippen LogP contribution in [-0.4, -0.2) is 25.2 Å². The van der Waals surface area contributed by atoms with Gasteiger partial charge in [0.1, 0.15) is 0 Å². The molecule has 0 aliphatic carbocycles. The van der Waals surface area contributed by atoms with E-state index in [9.17, 15) is 9.59 Å². The van der Waals surface area contributed by atoms with E-state index in [2.05, 4.69) is 13.8 Å². The Morgan fingerprint density at radius 1 is 0.538 bits per heavy atom. The van der Waals surface area contributed by atoms with Crippen LogP contribution in [0.25, 0.3) is 0 Å². The highest BCUT2D eigenvalue weighted by Crippen LogP contribution is 2.07. The topological polar surface area (TPSA) is 123 Å². The van der Waals surface area contributed by atoms with Gasteiger partial charge in [-0.15, -0.1) is 0 Å². The van der Waals surface area contributed by atoms with Crippen molar-refractivity contribution in [1.82, 2.24) is 12.3 Å². The van der Waals surface area contributed by atoms with Gasteiger partial charge < -0.3 is 21.8 Å². The monoisotopic (exact) mass is 376 g/mol. The molecule has 0 fully saturated rings. The fourth-order valence-electron chi connectivity index (χ4n) is 2.49. The fourth-order valence-corrected chi connectivity index (χ4v) is 2.49. The summed E-state index contributed by atoms with van der Waals surface area (Å²) in [5, 5.41) is 0. The van der Waals surface area contributed by atoms with Crippen LogP contribution in [0, 0.1) is 0 Å². The Bertz CT molecular complexity index is 282. The van der Waals surface area contributed by atoms with E-state index < -0.39 is 0 Å². The molecule has 0 rings (SSSR count). The molecule has 0 aliphatic rings. The molecule has 0 bridgehead atoms. The van der Waals surface area contributed by atoms with Gasteiger partial charge in [-0.05, 0) is 12.8 Å². The van der Waals surface area contributed by atoms with Crippen LogP contribution in [0.15, 0.2) is 0 Å². The molecule has 6 N–H and O–H groups in total. The smallest absolute Gasteiger partial charge is 0.306 e. The van der Waals surface area contributed by atoms with Crippen molar-refractivity contribution in [3.8, 4) is 0 Å². The van der Waals surface area contributed by atoms with Crippen LogP contribution in [0.2, 0.25) is 0 Å². The van der Waals surface area contributed by atoms with E-state index in [1.807, 2.05) is 0 Å². The molecule has 0 aromatic heterocycles. The third-order valence-corrected chi connectivity index (χ3v) is 4.06. The molecule has 0 saturated heterocycles. The number of carbonyl (C=O) groups excluding carboxylic acids is 2. The van der Waals surface area contributed by atoms with Gasteiger partial charge in [0.15, 0.2) is 0 Å². The van der Waals surface area contributed by atoms with Crippen LogP contribution in [0.3, 0.4) is 0 Å². The van der Waals surface area contributed by atoms with Gasteiger partial charge in [-0.25, -0.2) is 0 Å². The standard InChI is InChI=1S/C20H38O4.2H3N/c1-3-5-7-9-11-13-17-23-19(21)15-16-20(22)24-18-14-12-10-8-6-4-2;;/h3-18H2,1-2H3;2*1H3. The van der Waals surface area contributed by atoms with Crippen molar-refractivity contribution in [2.24, 2.45) is 0 Å². The van der Waals surface area contributed by atoms with Gasteiger partial charge in [0, 0.05) is 0 Å². The van der Waals surface area contributed by atoms with Gasteiger partial charge in [-0.1, -0.05) is 78.1 Å². The average molecular weight is 377 g/mol. The van der Waals surface area contributed by atoms with Crippen LogP contribution >= 0.6 is 0 Å². The first-order chi connectivity index (χ1) is 11.7. The first-order valence-corrected chi connectivity index (χ1v) is 10.0. The zero-order valence-corrected chi connectivity index (χ0v) is 17.4. The Hall–Kier alpha value is -1.14. The van der Waals surface area contributed by atoms with E-state index in [0.717, 1.165) is 25.7 Å². The minimum absolute atomic E-state index is 0. The molecule has 26 heavy (non-hydrogen) atoms. The summed E-state index contributed by atoms with van der Waals surface area (Å²) < 4.78 is 10.3. The fraction of sp³-hybridized carbons (Fsp3) is 0.900. The molecule has 0 aromatic rings. The number of carbonyl (C=O) groups is 2. The summed E-state index contributed by atoms with van der Waals surface area (Å²) in [6.45, 7) is 5.33. The summed E-state index contributed by atoms with van der Waals surface area (Å²) in [7, 11) is 0. The summed E-state index contributed by atoms with van der Waals surface area (Å²) in [5.74, 6) is -0.583. The Balaban J connectivity index is -0.00000264. The minimum Gasteiger partial charge on any atom is -0.466 e. The SMILES string of the molecule is CCCCCCCCOC(=O)CCC(=O)OCCCCCCCC.N.N. The van der Waals surface area contributed by atoms with E-state index >= 15 is 0 Å². The number of ether oxygens (including phenoxy) is 2. The van der Waals surface area contributed by atoms with E-state index in [-0.39, 0.29) is 37.1 Å². The average Bonchev–Trinajstić information content (AvgIpc) is 2.58. The second-order valence-electron chi connectivity index (χ2n) is 6.48. The molecular formula is C20H44N2O4. The number of hydrogen-bond acceptors (Lipinski definition) is 6. The number of hydrogen-bond donors (Lipinski definition) is 2. The van der Waals surface area contributed by atoms with Crippen LogP contribution in [0.4, 0.5) is 0 Å². The van der Waals surface area contributed by atoms with Crippen molar-refractivity contribution >= 4 is 11.9 Å². The predicted molar refractivity (Wildman–Crippen MR) is 108 cm³/mol. The maximum Gasteiger partial charge on any atom is 0.306 e. The normalized spacial score (nSPS) is 9.77. The molecule has 6 heteroatoms. The Morgan fingerprint density at radius 2 is 0.846 bits per heavy atom. The van der Waals surface area contributed by atoms with Crippen molar-refractivity contribution in [3.05, 3.63) is 0 Å². The third kappa shape index (κ3) is 22.9. The van der Waals surface area contributed by atoms with Crippen LogP contribution in [0.1, 0.15) is 104 Å². The summed E-state index contributed by atoms with van der Waals surface area (Å²) in [5.41, 5.74) is 0. The number of unbranched alkanes of at least 4 members (excludes halogenated alkanes) is 10. The van der Waals surface area contributed by atoms with Crippen molar-refractivity contribution in [2.75, 3.05) is 13.2 Å². The molecule has 0 atom stereocenters. The molecule has 0 unspecified atom stereocenters. The van der Waals surface area contributed by atoms with Crippen LogP contribution in [-0.2, 0) is 19.1 Å². The molecule has 0 heterocycles. The molecule has 0 aromatic carbocycles. The van der Waals surface area contributed by atoms with Gasteiger partial charge in [0.2, 0.25) is 0 Å². The van der Waals surface area contributed by atoms with Gasteiger partial charge in [-0.3, -0.25) is 9.59 Å². The highest BCUT2D eigenvalue weighted by Gasteiger charge is 2.08. The number of rotatable bonds is 17. The van der Waals surface area contributed by atoms with Gasteiger partial charge >= 0.3 is 11.9 Å². The molecule has 0 spiro atoms. The zero-order valence-electron chi connectivity index (χ0n) is 17.4. The van der Waals surface area contributed by atoms with Gasteiger partial charge in [-0.2, -0.15) is 0 Å². The first kappa shape index (κ1) is 29.6. The summed E-state index contributed by atoms with van der Waals surface area (Å²) >= 11 is 0. The molecule has 0 saturated carbocycles. The quantitative estimate of drug-likeness (QED) is 0.241. The van der Waals surface area contributed by atoms with Gasteiger partial charge in [0.25, 0.3) is 0 Å². The predicted octanol–water partition coefficient (Wildman–Crippen LogP) is 5.90. The second-order valence-corrected chi connectivity index (χ2v) is 6.48. The van der Waals surface area contributed by atoms with E-state index in [1.54, 1.807) is 0 Å². The molecule has 0 amide bonds. The highest BCUT2D eigenvalue weighted by atomic mass is 16.5. The zero-order chi connectivity index (χ0) is 17.9. The molecule has 6 nitrogen and oxygen atoms in total. The van der Waals surface area contributed by atoms with Crippen LogP contribution < -0.4 is 12.3 Å². The minimum atomic E-state index is -0.292. The van der Waals surface area contributed by atoms with E-state index in [1.165, 1.54) is 51.4 Å². The lowest BCUT2D eigenvalue weighted by Gasteiger charge is -2.06. The molecule has 0 aliphatic heterocycles. The van der Waals surface area contributed by atoms with Crippen molar-refractivity contribution in [1.29, 1.82) is 0 Å². The summed E-state index contributed by atoms with van der Waals surface area (Å²) in [4.78, 5) is 23.1. The first-order valence-electron chi connectivity index (χ1n) is 10.0. The van der Waals surface area contributed by atoms with Crippen molar-refractivity contribution in [2.45, 2.75) is 104 Å². The molecular weight excluding hydrogens is 332 g/mol. The molecule has 158 valence electrons. The summed E-state index contributed by atoms with van der Waals surface area (Å²) in [6, 6.07) is 0. The lowest BCUT2D eigenvalue weighted by atomic mass is 10.1. The van der Waals surface area contributed by atoms with E-state index in [0.29, 0.717) is 13.2 Å². The lowest BCUT2D eigenvalue weighted by Crippen LogP contribution is -2.11. The summed E-state index contributed by atoms with van der Waals surface area (Å²) in [6.07, 6.45) is 14.3. The van der Waals surface area contributed by atoms with Gasteiger partial charge in [0.05, 0.1) is 26.1 Å². The maximum atomic E-state index is 11.5. The van der Waals surface area contributed by atoms with Crippen molar-refractivity contribution < 1.29 is 19.1 Å². The van der Waals surface area contributed by atoms with Crippen molar-refractivity contribution in [3.63, 3.8) is 0 Å².